The predicted octanol–water partition coefficient (Wildman–Crippen LogP) is 2.43. The van der Waals surface area contributed by atoms with Crippen LogP contribution in [-0.4, -0.2) is 29.4 Å². The third-order valence-electron chi connectivity index (χ3n) is 2.57. The predicted molar refractivity (Wildman–Crippen MR) is 65.5 cm³/mol. The molecule has 0 aromatic rings. The van der Waals surface area contributed by atoms with Crippen LogP contribution < -0.4 is 0 Å². The minimum Gasteiger partial charge on any atom is -0.465 e. The van der Waals surface area contributed by atoms with E-state index in [2.05, 4.69) is 0 Å². The monoisotopic (exact) mass is 244 g/mol. The number of rotatable bonds is 6. The molecule has 0 bridgehead atoms. The Kier molecular flexibility index (Phi) is 5.88. The van der Waals surface area contributed by atoms with E-state index in [9.17, 15) is 9.59 Å². The molecule has 1 saturated carbocycles. The van der Waals surface area contributed by atoms with E-state index in [1.807, 2.05) is 13.8 Å². The summed E-state index contributed by atoms with van der Waals surface area (Å²) in [6.45, 7) is 4.13. The number of ketones is 1. The highest BCUT2D eigenvalue weighted by Gasteiger charge is 2.24. The number of ether oxygens (including phenoxy) is 1. The van der Waals surface area contributed by atoms with Crippen molar-refractivity contribution in [1.82, 2.24) is 0 Å². The molecule has 0 heterocycles. The van der Waals surface area contributed by atoms with Crippen LogP contribution in [0.3, 0.4) is 0 Å². The van der Waals surface area contributed by atoms with Gasteiger partial charge in [0.05, 0.1) is 17.8 Å². The third-order valence-corrected chi connectivity index (χ3v) is 4.00. The van der Waals surface area contributed by atoms with E-state index in [-0.39, 0.29) is 17.1 Å². The molecule has 0 radical (unpaired) electrons. The molecule has 92 valence electrons. The van der Waals surface area contributed by atoms with Crippen molar-refractivity contribution in [1.29, 1.82) is 0 Å². The van der Waals surface area contributed by atoms with Gasteiger partial charge in [0, 0.05) is 6.42 Å². The zero-order valence-electron chi connectivity index (χ0n) is 10.0. The molecule has 0 saturated heterocycles. The highest BCUT2D eigenvalue weighted by Crippen LogP contribution is 2.26. The van der Waals surface area contributed by atoms with Crippen LogP contribution in [0.15, 0.2) is 0 Å². The summed E-state index contributed by atoms with van der Waals surface area (Å²) in [5.41, 5.74) is 0. The van der Waals surface area contributed by atoms with E-state index in [1.54, 1.807) is 11.8 Å². The number of carbonyl (C=O) groups excluding carboxylic acids is 2. The maximum Gasteiger partial charge on any atom is 0.308 e. The first-order valence-corrected chi connectivity index (χ1v) is 6.97. The van der Waals surface area contributed by atoms with Gasteiger partial charge in [-0.3, -0.25) is 9.59 Å². The Bertz CT molecular complexity index is 251. The molecule has 4 heteroatoms. The van der Waals surface area contributed by atoms with E-state index < -0.39 is 0 Å². The molecular weight excluding hydrogens is 224 g/mol. The second kappa shape index (κ2) is 6.94. The molecule has 0 aromatic carbocycles. The number of hydrogen-bond donors (Lipinski definition) is 0. The van der Waals surface area contributed by atoms with Crippen molar-refractivity contribution >= 4 is 23.5 Å². The summed E-state index contributed by atoms with van der Waals surface area (Å²) < 4.78 is 5.06. The fourth-order valence-corrected chi connectivity index (χ4v) is 2.79. The van der Waals surface area contributed by atoms with Gasteiger partial charge < -0.3 is 4.74 Å². The lowest BCUT2D eigenvalue weighted by molar-refractivity contribution is -0.147. The van der Waals surface area contributed by atoms with Crippen LogP contribution in [0, 0.1) is 5.92 Å². The normalized spacial score (nSPS) is 20.4. The molecule has 0 N–H and O–H groups in total. The Labute approximate surface area is 101 Å². The van der Waals surface area contributed by atoms with E-state index in [0.717, 1.165) is 31.4 Å². The van der Waals surface area contributed by atoms with Gasteiger partial charge >= 0.3 is 5.97 Å². The van der Waals surface area contributed by atoms with Crippen LogP contribution in [-0.2, 0) is 14.3 Å². The molecule has 0 aliphatic heterocycles. The summed E-state index contributed by atoms with van der Waals surface area (Å²) in [6.07, 6.45) is 3.65. The van der Waals surface area contributed by atoms with Crippen molar-refractivity contribution < 1.29 is 14.3 Å². The number of thioether (sulfide) groups is 1. The van der Waals surface area contributed by atoms with Crippen molar-refractivity contribution in [3.05, 3.63) is 0 Å². The van der Waals surface area contributed by atoms with Gasteiger partial charge in [0.2, 0.25) is 0 Å². The van der Waals surface area contributed by atoms with Crippen LogP contribution in [0.2, 0.25) is 0 Å². The summed E-state index contributed by atoms with van der Waals surface area (Å²) in [4.78, 5) is 22.5. The Morgan fingerprint density at radius 2 is 2.31 bits per heavy atom. The third kappa shape index (κ3) is 4.56. The maximum atomic E-state index is 11.3. The molecule has 0 amide bonds. The maximum absolute atomic E-state index is 11.3. The second-order valence-corrected chi connectivity index (χ2v) is 5.70. The van der Waals surface area contributed by atoms with Gasteiger partial charge in [-0.1, -0.05) is 13.8 Å². The van der Waals surface area contributed by atoms with Gasteiger partial charge in [0.1, 0.15) is 5.78 Å². The summed E-state index contributed by atoms with van der Waals surface area (Å²) in [5.74, 6) is 1.11. The summed E-state index contributed by atoms with van der Waals surface area (Å²) in [6, 6.07) is 0. The Morgan fingerprint density at radius 1 is 1.56 bits per heavy atom. The highest BCUT2D eigenvalue weighted by molar-refractivity contribution is 8.00. The number of esters is 1. The molecule has 1 aliphatic carbocycles. The standard InChI is InChI=1S/C12H20O3S/c1-9(2)12(14)15-7-4-8-16-11-6-3-5-10(11)13/h9,11H,3-8H2,1-2H3. The van der Waals surface area contributed by atoms with Gasteiger partial charge in [0.15, 0.2) is 0 Å². The highest BCUT2D eigenvalue weighted by atomic mass is 32.2. The minimum absolute atomic E-state index is 0.0518. The van der Waals surface area contributed by atoms with Crippen molar-refractivity contribution in [3.63, 3.8) is 0 Å². The van der Waals surface area contributed by atoms with E-state index in [4.69, 9.17) is 4.74 Å². The fraction of sp³-hybridized carbons (Fsp3) is 0.833. The zero-order chi connectivity index (χ0) is 12.0. The molecule has 16 heavy (non-hydrogen) atoms. The van der Waals surface area contributed by atoms with E-state index in [1.165, 1.54) is 0 Å². The summed E-state index contributed by atoms with van der Waals surface area (Å²) in [7, 11) is 0. The molecule has 3 nitrogen and oxygen atoms in total. The van der Waals surface area contributed by atoms with Gasteiger partial charge in [-0.2, -0.15) is 11.8 Å². The SMILES string of the molecule is CC(C)C(=O)OCCCSC1CCCC1=O. The first-order valence-electron chi connectivity index (χ1n) is 5.92. The number of carbonyl (C=O) groups is 2. The largest absolute Gasteiger partial charge is 0.465 e. The Morgan fingerprint density at radius 3 is 2.88 bits per heavy atom. The number of hydrogen-bond acceptors (Lipinski definition) is 4. The van der Waals surface area contributed by atoms with Crippen molar-refractivity contribution in [2.45, 2.75) is 44.8 Å². The minimum atomic E-state index is -0.137. The summed E-state index contributed by atoms with van der Waals surface area (Å²) >= 11 is 1.71. The van der Waals surface area contributed by atoms with Crippen LogP contribution >= 0.6 is 11.8 Å². The lowest BCUT2D eigenvalue weighted by Gasteiger charge is -2.09. The van der Waals surface area contributed by atoms with E-state index in [0.29, 0.717) is 12.4 Å². The topological polar surface area (TPSA) is 43.4 Å². The van der Waals surface area contributed by atoms with Crippen LogP contribution in [0.5, 0.6) is 0 Å². The molecule has 1 atom stereocenters. The lowest BCUT2D eigenvalue weighted by atomic mass is 10.2. The second-order valence-electron chi connectivity index (χ2n) is 4.39. The van der Waals surface area contributed by atoms with Crippen LogP contribution in [0.25, 0.3) is 0 Å². The van der Waals surface area contributed by atoms with Crippen molar-refractivity contribution in [3.8, 4) is 0 Å². The molecule has 1 rings (SSSR count). The van der Waals surface area contributed by atoms with Gasteiger partial charge in [-0.25, -0.2) is 0 Å². The van der Waals surface area contributed by atoms with Crippen LogP contribution in [0.4, 0.5) is 0 Å². The van der Waals surface area contributed by atoms with E-state index >= 15 is 0 Å². The van der Waals surface area contributed by atoms with Gasteiger partial charge in [0.25, 0.3) is 0 Å². The van der Waals surface area contributed by atoms with Crippen molar-refractivity contribution in [2.24, 2.45) is 5.92 Å². The lowest BCUT2D eigenvalue weighted by Crippen LogP contribution is -2.13. The zero-order valence-corrected chi connectivity index (χ0v) is 10.8. The summed E-state index contributed by atoms with van der Waals surface area (Å²) in [5, 5.41) is 0.209. The molecule has 0 spiro atoms. The molecule has 0 aromatic heterocycles. The smallest absolute Gasteiger partial charge is 0.308 e. The van der Waals surface area contributed by atoms with Gasteiger partial charge in [-0.05, 0) is 25.0 Å². The average molecular weight is 244 g/mol. The molecule has 1 fully saturated rings. The fourth-order valence-electron chi connectivity index (χ4n) is 1.58. The molecule has 1 unspecified atom stereocenters. The first kappa shape index (κ1) is 13.6. The van der Waals surface area contributed by atoms with Crippen molar-refractivity contribution in [2.75, 3.05) is 12.4 Å². The van der Waals surface area contributed by atoms with Crippen LogP contribution in [0.1, 0.15) is 39.5 Å². The first-order chi connectivity index (χ1) is 7.61. The number of Topliss-reactive ketones (excluding diaryl/α,β-unsaturated/α-hetero) is 1. The quantitative estimate of drug-likeness (QED) is 0.531. The molecule has 1 aliphatic rings. The van der Waals surface area contributed by atoms with Gasteiger partial charge in [-0.15, -0.1) is 0 Å². The molecular formula is C12H20O3S. The average Bonchev–Trinajstić information content (AvgIpc) is 2.63. The Hall–Kier alpha value is -0.510. The Balaban J connectivity index is 2.00.